The summed E-state index contributed by atoms with van der Waals surface area (Å²) in [6.45, 7) is -0.883. The van der Waals surface area contributed by atoms with Gasteiger partial charge in [-0.2, -0.15) is 0 Å². The Morgan fingerprint density at radius 1 is 1.34 bits per heavy atom. The molecule has 38 heavy (non-hydrogen) atoms. The van der Waals surface area contributed by atoms with Crippen LogP contribution < -0.4 is 27.3 Å². The predicted octanol–water partition coefficient (Wildman–Crippen LogP) is -2.23. The maximum Gasteiger partial charge on any atom is 0.384 e. The Hall–Kier alpha value is -3.84. The van der Waals surface area contributed by atoms with Crippen molar-refractivity contribution in [2.24, 2.45) is 10.6 Å². The summed E-state index contributed by atoms with van der Waals surface area (Å²) in [5, 5.41) is 26.3. The third-order valence-corrected chi connectivity index (χ3v) is 9.06. The Balaban J connectivity index is 1.44. The van der Waals surface area contributed by atoms with Gasteiger partial charge in [-0.15, -0.1) is 27.8 Å². The quantitative estimate of drug-likeness (QED) is 0.0329. The highest BCUT2D eigenvalue weighted by Crippen LogP contribution is 2.44. The number of aromatic nitrogens is 3. The van der Waals surface area contributed by atoms with Crippen molar-refractivity contribution in [3.63, 3.8) is 0 Å². The van der Waals surface area contributed by atoms with Crippen LogP contribution in [0.1, 0.15) is 5.69 Å². The smallest absolute Gasteiger partial charge is 0.384 e. The number of oxime groups is 1. The summed E-state index contributed by atoms with van der Waals surface area (Å²) < 4.78 is 1.23. The van der Waals surface area contributed by atoms with Gasteiger partial charge >= 0.3 is 17.1 Å². The number of nitrogens with zero attached hydrogens (tertiary/aromatic N) is 5. The first-order valence-corrected chi connectivity index (χ1v) is 13.6. The van der Waals surface area contributed by atoms with E-state index in [4.69, 9.17) is 27.3 Å². The van der Waals surface area contributed by atoms with Crippen LogP contribution in [0.4, 0.5) is 10.9 Å². The number of aliphatic carboxylic acids is 2. The summed E-state index contributed by atoms with van der Waals surface area (Å²) in [6.07, 6.45) is 1.50. The van der Waals surface area contributed by atoms with Crippen LogP contribution in [0.2, 0.25) is 0 Å². The second-order valence-electron chi connectivity index (χ2n) is 8.21. The van der Waals surface area contributed by atoms with Crippen LogP contribution in [0, 0.1) is 5.41 Å². The Kier molecular flexibility index (Phi) is 7.78. The number of carboxylic acids is 2. The van der Waals surface area contributed by atoms with Crippen molar-refractivity contribution in [2.45, 2.75) is 16.6 Å². The van der Waals surface area contributed by atoms with Crippen molar-refractivity contribution in [1.29, 1.82) is 0 Å². The molecule has 2 fully saturated rings. The lowest BCUT2D eigenvalue weighted by Crippen LogP contribution is -2.74. The minimum Gasteiger partial charge on any atom is -0.481 e. The highest BCUT2D eigenvalue weighted by molar-refractivity contribution is 8.00. The minimum absolute atomic E-state index is 0.0459. The number of nitrogen functional groups attached to an aromatic ring is 3. The van der Waals surface area contributed by atoms with Gasteiger partial charge in [0.25, 0.3) is 5.91 Å². The molecule has 0 bridgehead atoms. The molecule has 0 aliphatic carbocycles. The Bertz CT molecular complexity index is 1320. The Morgan fingerprint density at radius 3 is 2.76 bits per heavy atom. The zero-order valence-electron chi connectivity index (χ0n) is 19.3. The third kappa shape index (κ3) is 5.53. The van der Waals surface area contributed by atoms with E-state index in [1.165, 1.54) is 39.0 Å². The first-order valence-electron chi connectivity index (χ1n) is 10.7. The summed E-state index contributed by atoms with van der Waals surface area (Å²) in [4.78, 5) is 63.1. The molecule has 16 nitrogen and oxygen atoms in total. The number of carboxylic acid groups (broad SMARTS) is 2. The van der Waals surface area contributed by atoms with Gasteiger partial charge < -0.3 is 36.7 Å². The Labute approximate surface area is 226 Å². The molecule has 2 aromatic heterocycles. The van der Waals surface area contributed by atoms with Gasteiger partial charge in [-0.05, 0) is 16.7 Å². The first kappa shape index (κ1) is 27.2. The topological polar surface area (TPSA) is 253 Å². The fraction of sp³-hybridized carbons (Fsp3) is 0.368. The molecule has 4 rings (SSSR count). The molecule has 0 aromatic carbocycles. The average Bonchev–Trinajstić information content (AvgIpc) is 3.30. The van der Waals surface area contributed by atoms with Gasteiger partial charge in [0, 0.05) is 29.5 Å². The van der Waals surface area contributed by atoms with Crippen LogP contribution in [0.3, 0.4) is 0 Å². The van der Waals surface area contributed by atoms with Gasteiger partial charge in [-0.1, -0.05) is 5.16 Å². The zero-order valence-corrected chi connectivity index (χ0v) is 21.8. The third-order valence-electron chi connectivity index (χ3n) is 5.54. The molecule has 2 aliphatic heterocycles. The van der Waals surface area contributed by atoms with Crippen molar-refractivity contribution < 1.29 is 38.9 Å². The predicted molar refractivity (Wildman–Crippen MR) is 136 cm³/mol. The monoisotopic (exact) mass is 584 g/mol. The van der Waals surface area contributed by atoms with E-state index < -0.39 is 47.2 Å². The maximum absolute atomic E-state index is 13.0. The average molecular weight is 585 g/mol. The molecule has 0 saturated carbocycles. The van der Waals surface area contributed by atoms with E-state index in [1.807, 2.05) is 0 Å². The lowest BCUT2D eigenvalue weighted by molar-refractivity contribution is -0.682. The van der Waals surface area contributed by atoms with E-state index in [0.717, 1.165) is 23.1 Å². The number of fused-ring (bicyclic) bond motifs is 1. The van der Waals surface area contributed by atoms with Crippen molar-refractivity contribution in [3.05, 3.63) is 23.3 Å². The van der Waals surface area contributed by atoms with Crippen molar-refractivity contribution in [3.8, 4) is 0 Å². The Morgan fingerprint density at radius 2 is 2.11 bits per heavy atom. The normalized spacial score (nSPS) is 22.8. The maximum atomic E-state index is 13.0. The summed E-state index contributed by atoms with van der Waals surface area (Å²) in [7, 11) is 0. The molecule has 2 unspecified atom stereocenters. The van der Waals surface area contributed by atoms with E-state index >= 15 is 0 Å². The summed E-state index contributed by atoms with van der Waals surface area (Å²) >= 11 is 3.34. The van der Waals surface area contributed by atoms with Crippen LogP contribution in [0.5, 0.6) is 0 Å². The molecule has 2 aliphatic rings. The number of thiazole rings is 1. The number of thioether (sulfide) groups is 2. The summed E-state index contributed by atoms with van der Waals surface area (Å²) in [5.74, 6) is 2.59. The first-order chi connectivity index (χ1) is 18.0. The van der Waals surface area contributed by atoms with Crippen molar-refractivity contribution in [2.75, 3.05) is 42.0 Å². The van der Waals surface area contributed by atoms with E-state index in [-0.39, 0.29) is 40.4 Å². The molecule has 2 aromatic rings. The number of hydrogen-bond acceptors (Lipinski definition) is 14. The molecule has 202 valence electrons. The van der Waals surface area contributed by atoms with Gasteiger partial charge in [0.05, 0.1) is 0 Å². The van der Waals surface area contributed by atoms with E-state index in [1.54, 1.807) is 0 Å². The lowest BCUT2D eigenvalue weighted by atomic mass is 9.89. The SMILES string of the molecule is Nc1cc[n+](N)c(SCC2(C(=O)O)CS[C@@H]3C(NC(=O)C(=NOCC(=O)O)c4csc(N)n4)C(=O)N3C2)n1. The van der Waals surface area contributed by atoms with Gasteiger partial charge in [0.2, 0.25) is 18.3 Å². The number of hydrogen-bond donors (Lipinski definition) is 6. The van der Waals surface area contributed by atoms with Gasteiger partial charge in [0.15, 0.2) is 10.8 Å². The number of nitrogens with one attached hydrogen (secondary N) is 1. The van der Waals surface area contributed by atoms with Crippen LogP contribution in [-0.2, 0) is 24.0 Å². The van der Waals surface area contributed by atoms with Crippen LogP contribution in [0.15, 0.2) is 28.0 Å². The van der Waals surface area contributed by atoms with Gasteiger partial charge in [-0.3, -0.25) is 20.2 Å². The number of nitrogens with two attached hydrogens (primary N) is 3. The molecular formula is C19H22N9O7S3+. The number of carbonyl (C=O) groups is 4. The fourth-order valence-electron chi connectivity index (χ4n) is 3.60. The van der Waals surface area contributed by atoms with Crippen LogP contribution in [-0.4, -0.2) is 90.6 Å². The van der Waals surface area contributed by atoms with Crippen molar-refractivity contribution in [1.82, 2.24) is 20.2 Å². The van der Waals surface area contributed by atoms with E-state index in [0.29, 0.717) is 5.16 Å². The second kappa shape index (κ2) is 10.9. The minimum atomic E-state index is -1.30. The highest BCUT2D eigenvalue weighted by Gasteiger charge is 2.57. The van der Waals surface area contributed by atoms with Gasteiger partial charge in [-0.25, -0.2) is 9.78 Å². The van der Waals surface area contributed by atoms with E-state index in [2.05, 4.69) is 20.4 Å². The van der Waals surface area contributed by atoms with E-state index in [9.17, 15) is 24.3 Å². The van der Waals surface area contributed by atoms with Crippen LogP contribution >= 0.6 is 34.9 Å². The number of anilines is 2. The summed E-state index contributed by atoms with van der Waals surface area (Å²) in [6, 6.07) is 0.539. The van der Waals surface area contributed by atoms with Gasteiger partial charge in [0.1, 0.15) is 28.7 Å². The molecule has 3 atom stereocenters. The van der Waals surface area contributed by atoms with Crippen LogP contribution in [0.25, 0.3) is 0 Å². The molecular weight excluding hydrogens is 562 g/mol. The number of amides is 2. The number of rotatable bonds is 10. The number of carbonyl (C=O) groups excluding carboxylic acids is 2. The van der Waals surface area contributed by atoms with Crippen molar-refractivity contribution >= 4 is 75.3 Å². The fourth-order valence-corrected chi connectivity index (χ4v) is 6.92. The molecule has 9 N–H and O–H groups in total. The number of β-lactam (4-membered cyclic amide) rings is 1. The molecule has 2 amide bonds. The second-order valence-corrected chi connectivity index (χ2v) is 11.2. The molecule has 4 heterocycles. The largest absolute Gasteiger partial charge is 0.481 e. The lowest BCUT2D eigenvalue weighted by Gasteiger charge is -2.53. The summed E-state index contributed by atoms with van der Waals surface area (Å²) in [5.41, 5.74) is 9.71. The molecule has 19 heteroatoms. The zero-order chi connectivity index (χ0) is 27.6. The molecule has 0 spiro atoms. The molecule has 0 radical (unpaired) electrons. The molecule has 2 saturated heterocycles. The standard InChI is InChI=1S/C19H21N9O7S3/c20-9-1-2-28(22)18(24-9)38-7-19(16(33)34)5-27-14(32)12(15(27)37-6-19)25-13(31)11(26-35-3-10(29)30)8-4-36-17(21)23-8/h1-2,4,12,15,20H,3,5-7,22H2,(H5,21,23,25,29,30,31,33,34)/p+1/t12?,15-,19?/m1/s1. The highest BCUT2D eigenvalue weighted by atomic mass is 32.2.